The fourth-order valence-corrected chi connectivity index (χ4v) is 3.60. The summed E-state index contributed by atoms with van der Waals surface area (Å²) in [5.74, 6) is 2.00. The molecule has 0 aromatic carbocycles. The number of halogens is 1. The molecule has 1 aliphatic heterocycles. The minimum Gasteiger partial charge on any atom is -0.356 e. The number of hydrogen-bond acceptors (Lipinski definition) is 4. The zero-order valence-corrected chi connectivity index (χ0v) is 19.9. The fraction of sp³-hybridized carbons (Fsp3) is 0.571. The largest absolute Gasteiger partial charge is 0.356 e. The molecule has 0 unspecified atom stereocenters. The van der Waals surface area contributed by atoms with Crippen molar-refractivity contribution in [2.75, 3.05) is 26.7 Å². The Hall–Kier alpha value is -1.68. The molecule has 0 bridgehead atoms. The van der Waals surface area contributed by atoms with Gasteiger partial charge in [0.1, 0.15) is 5.82 Å². The molecule has 0 spiro atoms. The summed E-state index contributed by atoms with van der Waals surface area (Å²) in [4.78, 5) is 15.6. The summed E-state index contributed by atoms with van der Waals surface area (Å²) in [7, 11) is 1.85. The van der Waals surface area contributed by atoms with Crippen molar-refractivity contribution in [3.8, 4) is 0 Å². The molecule has 0 aliphatic carbocycles. The molecule has 160 valence electrons. The molecule has 2 aromatic heterocycles. The number of guanidine groups is 1. The molecule has 0 radical (unpaired) electrons. The Labute approximate surface area is 191 Å². The first kappa shape index (κ1) is 23.6. The average molecular weight is 511 g/mol. The van der Waals surface area contributed by atoms with Gasteiger partial charge in [-0.25, -0.2) is 4.98 Å². The van der Waals surface area contributed by atoms with Gasteiger partial charge < -0.3 is 15.2 Å². The predicted octanol–water partition coefficient (Wildman–Crippen LogP) is 2.81. The number of nitrogens with zero attached hydrogens (tertiary/aromatic N) is 5. The first-order valence-corrected chi connectivity index (χ1v) is 10.3. The van der Waals surface area contributed by atoms with Crippen LogP contribution in [-0.2, 0) is 13.1 Å². The molecule has 1 saturated heterocycles. The summed E-state index contributed by atoms with van der Waals surface area (Å²) in [6.07, 6.45) is 10.3. The number of aromatic nitrogens is 3. The van der Waals surface area contributed by atoms with E-state index in [9.17, 15) is 0 Å². The van der Waals surface area contributed by atoms with Gasteiger partial charge in [0.25, 0.3) is 0 Å². The second-order valence-corrected chi connectivity index (χ2v) is 7.39. The van der Waals surface area contributed by atoms with Crippen LogP contribution >= 0.6 is 24.0 Å². The molecule has 8 heteroatoms. The maximum absolute atomic E-state index is 4.43. The van der Waals surface area contributed by atoms with Crippen molar-refractivity contribution < 1.29 is 0 Å². The van der Waals surface area contributed by atoms with E-state index in [-0.39, 0.29) is 24.0 Å². The number of hydrogen-bond donors (Lipinski definition) is 2. The number of aliphatic imine (C=N–C) groups is 1. The van der Waals surface area contributed by atoms with Crippen molar-refractivity contribution in [3.05, 3.63) is 48.3 Å². The summed E-state index contributed by atoms with van der Waals surface area (Å²) >= 11 is 0. The fourth-order valence-electron chi connectivity index (χ4n) is 3.60. The summed E-state index contributed by atoms with van der Waals surface area (Å²) in [5, 5.41) is 7.04. The lowest BCUT2D eigenvalue weighted by atomic mass is 10.0. The number of rotatable bonds is 8. The second kappa shape index (κ2) is 12.8. The van der Waals surface area contributed by atoms with Crippen molar-refractivity contribution in [2.24, 2.45) is 4.99 Å². The van der Waals surface area contributed by atoms with Crippen LogP contribution in [0.1, 0.15) is 37.2 Å². The molecule has 7 nitrogen and oxygen atoms in total. The van der Waals surface area contributed by atoms with Gasteiger partial charge in [0.15, 0.2) is 5.96 Å². The van der Waals surface area contributed by atoms with Gasteiger partial charge in [-0.1, -0.05) is 6.07 Å². The Kier molecular flexibility index (Phi) is 10.4. The van der Waals surface area contributed by atoms with Gasteiger partial charge in [-0.05, 0) is 44.7 Å². The highest BCUT2D eigenvalue weighted by atomic mass is 127. The Morgan fingerprint density at radius 1 is 1.17 bits per heavy atom. The van der Waals surface area contributed by atoms with Gasteiger partial charge in [-0.2, -0.15) is 0 Å². The smallest absolute Gasteiger partial charge is 0.191 e. The van der Waals surface area contributed by atoms with Gasteiger partial charge in [0.2, 0.25) is 0 Å². The first-order valence-electron chi connectivity index (χ1n) is 10.3. The topological polar surface area (TPSA) is 70.4 Å². The molecule has 3 heterocycles. The monoisotopic (exact) mass is 511 g/mol. The number of imidazole rings is 1. The van der Waals surface area contributed by atoms with Crippen LogP contribution in [0.25, 0.3) is 0 Å². The van der Waals surface area contributed by atoms with Gasteiger partial charge in [-0.3, -0.25) is 14.9 Å². The summed E-state index contributed by atoms with van der Waals surface area (Å²) in [6.45, 7) is 7.13. The predicted molar refractivity (Wildman–Crippen MR) is 129 cm³/mol. The second-order valence-electron chi connectivity index (χ2n) is 7.39. The summed E-state index contributed by atoms with van der Waals surface area (Å²) in [6, 6.07) is 6.62. The van der Waals surface area contributed by atoms with E-state index in [1.807, 2.05) is 38.6 Å². The first-order chi connectivity index (χ1) is 13.7. The minimum absolute atomic E-state index is 0. The highest BCUT2D eigenvalue weighted by Crippen LogP contribution is 2.12. The standard InChI is InChI=1S/C21H33N7.HI/c1-18-23-12-16-28(18)13-6-5-11-25-21(22-2)26-19-8-14-27(15-9-19)17-20-7-3-4-10-24-20;/h3-4,7,10,12,16,19H,5-6,8-9,11,13-15,17H2,1-2H3,(H2,22,25,26);1H. The summed E-state index contributed by atoms with van der Waals surface area (Å²) in [5.41, 5.74) is 1.15. The highest BCUT2D eigenvalue weighted by Gasteiger charge is 2.20. The maximum atomic E-state index is 4.43. The van der Waals surface area contributed by atoms with E-state index in [1.165, 1.54) is 0 Å². The van der Waals surface area contributed by atoms with E-state index in [0.717, 1.165) is 75.9 Å². The Morgan fingerprint density at radius 2 is 2.00 bits per heavy atom. The average Bonchev–Trinajstić information content (AvgIpc) is 3.13. The molecule has 0 atom stereocenters. The molecular weight excluding hydrogens is 477 g/mol. The third-order valence-corrected chi connectivity index (χ3v) is 5.31. The Balaban J connectivity index is 0.00000300. The van der Waals surface area contributed by atoms with E-state index in [2.05, 4.69) is 47.2 Å². The molecule has 2 N–H and O–H groups in total. The van der Waals surface area contributed by atoms with Crippen LogP contribution in [0.15, 0.2) is 41.8 Å². The lowest BCUT2D eigenvalue weighted by Crippen LogP contribution is -2.48. The Morgan fingerprint density at radius 3 is 2.66 bits per heavy atom. The van der Waals surface area contributed by atoms with E-state index >= 15 is 0 Å². The molecule has 2 aromatic rings. The lowest BCUT2D eigenvalue weighted by molar-refractivity contribution is 0.196. The third-order valence-electron chi connectivity index (χ3n) is 5.31. The van der Waals surface area contributed by atoms with Gasteiger partial charge in [0, 0.05) is 64.4 Å². The SMILES string of the molecule is CN=C(NCCCCn1ccnc1C)NC1CCN(Cc2ccccn2)CC1.I. The van der Waals surface area contributed by atoms with Crippen LogP contribution in [-0.4, -0.2) is 58.1 Å². The zero-order chi connectivity index (χ0) is 19.6. The van der Waals surface area contributed by atoms with Crippen LogP contribution in [0.4, 0.5) is 0 Å². The zero-order valence-electron chi connectivity index (χ0n) is 17.5. The van der Waals surface area contributed by atoms with Crippen molar-refractivity contribution in [1.82, 2.24) is 30.1 Å². The number of piperidine rings is 1. The number of likely N-dealkylation sites (tertiary alicyclic amines) is 1. The normalized spacial score (nSPS) is 15.7. The molecule has 1 aliphatic rings. The van der Waals surface area contributed by atoms with Crippen LogP contribution < -0.4 is 10.6 Å². The molecule has 29 heavy (non-hydrogen) atoms. The third kappa shape index (κ3) is 7.93. The van der Waals surface area contributed by atoms with Crippen molar-refractivity contribution in [1.29, 1.82) is 0 Å². The minimum atomic E-state index is 0. The lowest BCUT2D eigenvalue weighted by Gasteiger charge is -2.32. The van der Waals surface area contributed by atoms with E-state index in [1.54, 1.807) is 0 Å². The maximum Gasteiger partial charge on any atom is 0.191 e. The van der Waals surface area contributed by atoms with Gasteiger partial charge >= 0.3 is 0 Å². The number of nitrogens with one attached hydrogen (secondary N) is 2. The van der Waals surface area contributed by atoms with Crippen molar-refractivity contribution >= 4 is 29.9 Å². The molecule has 0 amide bonds. The van der Waals surface area contributed by atoms with Crippen LogP contribution in [0.3, 0.4) is 0 Å². The molecule has 3 rings (SSSR count). The number of pyridine rings is 1. The highest BCUT2D eigenvalue weighted by molar-refractivity contribution is 14.0. The quantitative estimate of drug-likeness (QED) is 0.247. The van der Waals surface area contributed by atoms with Gasteiger partial charge in [-0.15, -0.1) is 24.0 Å². The van der Waals surface area contributed by atoms with Crippen LogP contribution in [0.5, 0.6) is 0 Å². The molecular formula is C21H34IN7. The van der Waals surface area contributed by atoms with E-state index in [4.69, 9.17) is 0 Å². The van der Waals surface area contributed by atoms with E-state index < -0.39 is 0 Å². The van der Waals surface area contributed by atoms with Crippen LogP contribution in [0.2, 0.25) is 0 Å². The number of unbranched alkanes of at least 4 members (excludes halogenated alkanes) is 1. The van der Waals surface area contributed by atoms with Crippen molar-refractivity contribution in [2.45, 2.75) is 51.7 Å². The number of aryl methyl sites for hydroxylation is 2. The molecule has 1 fully saturated rings. The van der Waals surface area contributed by atoms with Gasteiger partial charge in [0.05, 0.1) is 5.69 Å². The molecule has 0 saturated carbocycles. The van der Waals surface area contributed by atoms with E-state index in [0.29, 0.717) is 6.04 Å². The Bertz CT molecular complexity index is 724. The summed E-state index contributed by atoms with van der Waals surface area (Å²) < 4.78 is 2.20. The van der Waals surface area contributed by atoms with Crippen LogP contribution in [0, 0.1) is 6.92 Å². The van der Waals surface area contributed by atoms with Crippen molar-refractivity contribution in [3.63, 3.8) is 0 Å².